The molecule has 0 radical (unpaired) electrons. The SMILES string of the molecule is COC(=O)C1CN(c2nccc(/C=C3\SC(=O)NC3=O)n2)CCN1C(=O)OC(C)(C)C.Cc1ccc(S(=O)(=O)N2CCN(c3nccc(/C=C4\SC(=O)NC4=O)n3)CC2)cc1.O=C1NC(=O)/C(=C/c2ccnc(N3CCN(c4cccc(-c5ccccc5)c4)CC3)n2)S1.O=C1NC(=O)/C(=C/c2ccnc(N3CCN(c4cccc5ccccc45)CC3)n2)S1. The highest BCUT2D eigenvalue weighted by Gasteiger charge is 2.40. The second kappa shape index (κ2) is 38.8. The molecule has 1 atom stereocenters. The maximum atomic E-state index is 12.8. The molecule has 4 aromatic heterocycles. The standard InChI is InChI=1S/C24H21N5O2S.C22H19N5O2S.C19H23N5O6S.C19H19N5O4S2/c30-22-21(32-24(31)27-22)16-19-9-10-25-23(26-19)29-13-11-28(12-14-29)20-8-4-7-18(15-20)17-5-2-1-3-6-17;28-20-19(30-22(29)25-20)14-16-8-9-23-21(24-16)27-12-10-26(11-13-27)18-7-3-5-15-4-1-2-6-17(15)18;1-19(2,3)30-18(28)24-8-7-23(10-12(24)15(26)29-4)16-20-6-5-11(21-16)9-13-14(25)22-17(27)31-13;1-13-2-4-15(5-3-13)30(27,28)24-10-8-23(9-11-24)18-20-7-6-14(21-18)12-16-17(25)22-19(26)29-16/h1-10,15-16H,11-14H2,(H,27,30,31);1-9,14H,10-13H2,(H,25,28,29);5-6,9,12H,7-8,10H2,1-4H3,(H,22,25,27);2-7,12H,8-11H2,1H3,(H,22,25,26)/b21-16-;19-14-;13-9-;16-12-. The number of hydrogen-bond donors (Lipinski definition) is 4. The summed E-state index contributed by atoms with van der Waals surface area (Å²) in [4.78, 5) is 168. The molecule has 8 fully saturated rings. The fourth-order valence-corrected chi connectivity index (χ4v) is 17.8. The van der Waals surface area contributed by atoms with Crippen molar-refractivity contribution in [3.63, 3.8) is 0 Å². The highest BCUT2D eigenvalue weighted by Crippen LogP contribution is 2.34. The van der Waals surface area contributed by atoms with Crippen molar-refractivity contribution in [2.75, 3.05) is 135 Å². The van der Waals surface area contributed by atoms with Crippen molar-refractivity contribution in [3.8, 4) is 11.1 Å². The van der Waals surface area contributed by atoms with Crippen LogP contribution in [0.5, 0.6) is 0 Å². The highest BCUT2D eigenvalue weighted by molar-refractivity contribution is 8.19. The van der Waals surface area contributed by atoms with E-state index >= 15 is 0 Å². The molecule has 632 valence electrons. The molecular weight excluding hydrogens is 1670 g/mol. The normalized spacial score (nSPS) is 19.0. The smallest absolute Gasteiger partial charge is 0.411 e. The lowest BCUT2D eigenvalue weighted by Gasteiger charge is -2.40. The van der Waals surface area contributed by atoms with Gasteiger partial charge in [0.25, 0.3) is 44.6 Å². The van der Waals surface area contributed by atoms with Crippen molar-refractivity contribution in [2.45, 2.75) is 44.2 Å². The van der Waals surface area contributed by atoms with Gasteiger partial charge >= 0.3 is 12.1 Å². The molecule has 0 aliphatic carbocycles. The van der Waals surface area contributed by atoms with Crippen molar-refractivity contribution >= 4 is 184 Å². The first-order valence-electron chi connectivity index (χ1n) is 38.8. The topological polar surface area (TPSA) is 400 Å². The number of ether oxygens (including phenoxy) is 2. The van der Waals surface area contributed by atoms with E-state index in [1.807, 2.05) is 17.9 Å². The van der Waals surface area contributed by atoms with Gasteiger partial charge in [-0.25, -0.2) is 57.9 Å². The molecule has 8 aliphatic heterocycles. The number of nitrogens with zero attached hydrogens (tertiary/aromatic N) is 16. The van der Waals surface area contributed by atoms with Gasteiger partial charge in [-0.3, -0.25) is 64.5 Å². The van der Waals surface area contributed by atoms with Crippen molar-refractivity contribution in [3.05, 3.63) is 218 Å². The molecule has 8 saturated heterocycles. The molecule has 0 saturated carbocycles. The van der Waals surface area contributed by atoms with Gasteiger partial charge in [0.2, 0.25) is 33.8 Å². The molecule has 1 unspecified atom stereocenters. The molecule has 5 aromatic carbocycles. The molecule has 0 spiro atoms. The summed E-state index contributed by atoms with van der Waals surface area (Å²) < 4.78 is 37.4. The van der Waals surface area contributed by atoms with Gasteiger partial charge in [0.15, 0.2) is 6.04 Å². The number of methoxy groups -OCH3 is 1. The van der Waals surface area contributed by atoms with E-state index in [2.05, 4.69) is 172 Å². The van der Waals surface area contributed by atoms with E-state index in [1.165, 1.54) is 67.9 Å². The van der Waals surface area contributed by atoms with Crippen LogP contribution in [0.1, 0.15) is 49.1 Å². The van der Waals surface area contributed by atoms with E-state index in [0.29, 0.717) is 89.1 Å². The predicted molar refractivity (Wildman–Crippen MR) is 472 cm³/mol. The van der Waals surface area contributed by atoms with Crippen molar-refractivity contribution in [2.24, 2.45) is 0 Å². The van der Waals surface area contributed by atoms with Crippen LogP contribution in [0.3, 0.4) is 0 Å². The van der Waals surface area contributed by atoms with Gasteiger partial charge in [0.05, 0.1) is 60.9 Å². The van der Waals surface area contributed by atoms with Crippen LogP contribution >= 0.6 is 47.0 Å². The Kier molecular flexibility index (Phi) is 27.3. The molecule has 9 aromatic rings. The number of fused-ring (bicyclic) bond motifs is 1. The van der Waals surface area contributed by atoms with Crippen LogP contribution in [0.15, 0.2) is 195 Å². The minimum atomic E-state index is -3.54. The summed E-state index contributed by atoms with van der Waals surface area (Å²) in [5, 5.41) is 9.84. The number of carbonyl (C=O) groups is 10. The number of rotatable bonds is 14. The van der Waals surface area contributed by atoms with Crippen LogP contribution in [-0.2, 0) is 43.5 Å². The van der Waals surface area contributed by atoms with Crippen LogP contribution < -0.4 is 50.7 Å². The van der Waals surface area contributed by atoms with Crippen LogP contribution in [0, 0.1) is 6.92 Å². The molecule has 9 amide bonds. The van der Waals surface area contributed by atoms with Gasteiger partial charge in [-0.2, -0.15) is 4.31 Å². The molecule has 12 heterocycles. The van der Waals surface area contributed by atoms with E-state index in [0.717, 1.165) is 105 Å². The van der Waals surface area contributed by atoms with E-state index in [-0.39, 0.29) is 50.1 Å². The summed E-state index contributed by atoms with van der Waals surface area (Å²) in [5.74, 6) is -0.226. The van der Waals surface area contributed by atoms with Crippen LogP contribution in [0.2, 0.25) is 0 Å². The number of benzene rings is 5. The van der Waals surface area contributed by atoms with E-state index in [4.69, 9.17) is 9.47 Å². The third-order valence-electron chi connectivity index (χ3n) is 19.8. The first-order valence-corrected chi connectivity index (χ1v) is 43.5. The maximum absolute atomic E-state index is 12.8. The van der Waals surface area contributed by atoms with Gasteiger partial charge < -0.3 is 38.9 Å². The third kappa shape index (κ3) is 22.1. The number of carbonyl (C=O) groups excluding carboxylic acids is 10. The number of hydrogen-bond acceptors (Lipinski definition) is 32. The van der Waals surface area contributed by atoms with Gasteiger partial charge in [0.1, 0.15) is 5.60 Å². The monoisotopic (exact) mass is 1750 g/mol. The number of aromatic nitrogens is 8. The highest BCUT2D eigenvalue weighted by atomic mass is 32.2. The number of esters is 1. The number of imide groups is 4. The third-order valence-corrected chi connectivity index (χ3v) is 25.0. The van der Waals surface area contributed by atoms with Crippen LogP contribution in [0.25, 0.3) is 46.2 Å². The predicted octanol–water partition coefficient (Wildman–Crippen LogP) is 10.1. The van der Waals surface area contributed by atoms with E-state index < -0.39 is 56.0 Å². The number of aryl methyl sites for hydroxylation is 1. The molecule has 39 heteroatoms. The van der Waals surface area contributed by atoms with Crippen molar-refractivity contribution in [1.29, 1.82) is 0 Å². The molecule has 4 N–H and O–H groups in total. The molecular formula is C84H82N20O14S5. The summed E-state index contributed by atoms with van der Waals surface area (Å²) in [6.07, 6.45) is 12.1. The lowest BCUT2D eigenvalue weighted by atomic mass is 10.0. The zero-order valence-electron chi connectivity index (χ0n) is 67.1. The Labute approximate surface area is 723 Å². The second-order valence-electron chi connectivity index (χ2n) is 29.3. The van der Waals surface area contributed by atoms with Gasteiger partial charge in [0, 0.05) is 133 Å². The van der Waals surface area contributed by atoms with Gasteiger partial charge in [-0.1, -0.05) is 96.6 Å². The summed E-state index contributed by atoms with van der Waals surface area (Å²) >= 11 is 3.40. The van der Waals surface area contributed by atoms with Crippen LogP contribution in [-0.4, -0.2) is 231 Å². The fraction of sp³-hybridized carbons (Fsp3) is 0.262. The average Bonchev–Trinajstić information content (AvgIpc) is 1.80. The summed E-state index contributed by atoms with van der Waals surface area (Å²) in [5.41, 5.74) is 7.34. The number of sulfonamides is 1. The summed E-state index contributed by atoms with van der Waals surface area (Å²) in [6.45, 7) is 16.0. The van der Waals surface area contributed by atoms with Crippen molar-refractivity contribution in [1.82, 2.24) is 70.3 Å². The molecule has 17 rings (SSSR count). The minimum absolute atomic E-state index is 0.111. The lowest BCUT2D eigenvalue weighted by Crippen LogP contribution is -2.59. The number of thioether (sulfide) groups is 4. The van der Waals surface area contributed by atoms with E-state index in [1.54, 1.807) is 105 Å². The lowest BCUT2D eigenvalue weighted by molar-refractivity contribution is -0.147. The van der Waals surface area contributed by atoms with Crippen LogP contribution in [0.4, 0.5) is 59.1 Å². The number of nitrogens with one attached hydrogen (secondary N) is 4. The minimum Gasteiger partial charge on any atom is -0.467 e. The molecule has 34 nitrogen and oxygen atoms in total. The Hall–Kier alpha value is -13.0. The largest absolute Gasteiger partial charge is 0.467 e. The summed E-state index contributed by atoms with van der Waals surface area (Å²) in [6, 6.07) is 46.5. The van der Waals surface area contributed by atoms with Gasteiger partial charge in [-0.15, -0.1) is 0 Å². The Morgan fingerprint density at radius 2 is 0.829 bits per heavy atom. The quantitative estimate of drug-likeness (QED) is 0.0580. The van der Waals surface area contributed by atoms with Crippen molar-refractivity contribution < 1.29 is 65.8 Å². The number of amides is 9. The fourth-order valence-electron chi connectivity index (χ4n) is 13.7. The zero-order chi connectivity index (χ0) is 86.5. The number of anilines is 6. The van der Waals surface area contributed by atoms with Gasteiger partial charge in [-0.05, 0) is 170 Å². The molecule has 0 bridgehead atoms. The maximum Gasteiger partial charge on any atom is 0.411 e. The number of piperazine rings is 4. The summed E-state index contributed by atoms with van der Waals surface area (Å²) in [7, 11) is -2.29. The first kappa shape index (κ1) is 86.4. The first-order chi connectivity index (χ1) is 59.2. The molecule has 8 aliphatic rings. The Morgan fingerprint density at radius 1 is 0.439 bits per heavy atom. The Morgan fingerprint density at radius 3 is 1.27 bits per heavy atom. The zero-order valence-corrected chi connectivity index (χ0v) is 71.2. The van der Waals surface area contributed by atoms with E-state index in [9.17, 15) is 56.4 Å². The average molecular weight is 1760 g/mol. The Bertz CT molecular complexity index is 5830. The Balaban J connectivity index is 0.000000134. The molecule has 123 heavy (non-hydrogen) atoms. The second-order valence-corrected chi connectivity index (χ2v) is 35.3.